The van der Waals surface area contributed by atoms with Gasteiger partial charge in [0, 0.05) is 5.56 Å². The zero-order chi connectivity index (χ0) is 10.8. The van der Waals surface area contributed by atoms with Crippen LogP contribution in [0.1, 0.15) is 31.9 Å². The van der Waals surface area contributed by atoms with E-state index in [1.165, 1.54) is 6.21 Å². The molecule has 0 spiro atoms. The normalized spacial score (nSPS) is 12.2. The van der Waals surface area contributed by atoms with Gasteiger partial charge in [-0.15, -0.1) is 0 Å². The van der Waals surface area contributed by atoms with Crippen LogP contribution < -0.4 is 0 Å². The molecule has 3 nitrogen and oxygen atoms in total. The molecule has 0 aliphatic heterocycles. The molecule has 1 aromatic rings. The molecular weight excluding hydrogens is 178 g/mol. The van der Waals surface area contributed by atoms with Crippen molar-refractivity contribution >= 4 is 6.21 Å². The van der Waals surface area contributed by atoms with Gasteiger partial charge in [-0.1, -0.05) is 32.0 Å². The number of hydrogen-bond donors (Lipinski definition) is 2. The SMILES string of the molecule is CC(C)(C)c1ccc(/C=N\O)c(O)c1. The molecule has 0 saturated heterocycles. The van der Waals surface area contributed by atoms with Gasteiger partial charge in [-0.25, -0.2) is 0 Å². The monoisotopic (exact) mass is 193 g/mol. The van der Waals surface area contributed by atoms with Crippen molar-refractivity contribution in [1.29, 1.82) is 0 Å². The third-order valence-electron chi connectivity index (χ3n) is 2.09. The van der Waals surface area contributed by atoms with E-state index in [9.17, 15) is 5.11 Å². The minimum atomic E-state index is 0.00632. The Bertz CT molecular complexity index is 351. The molecule has 0 saturated carbocycles. The van der Waals surface area contributed by atoms with Crippen LogP contribution in [-0.2, 0) is 5.41 Å². The minimum absolute atomic E-state index is 0.00632. The van der Waals surface area contributed by atoms with Crippen molar-refractivity contribution in [2.45, 2.75) is 26.2 Å². The first-order chi connectivity index (χ1) is 6.45. The average Bonchev–Trinajstić information content (AvgIpc) is 2.07. The third kappa shape index (κ3) is 2.25. The van der Waals surface area contributed by atoms with Gasteiger partial charge in [-0.3, -0.25) is 0 Å². The first kappa shape index (κ1) is 10.6. The Kier molecular flexibility index (Phi) is 2.79. The second-order valence-electron chi connectivity index (χ2n) is 4.27. The molecule has 0 aliphatic rings. The van der Waals surface area contributed by atoms with E-state index < -0.39 is 0 Å². The van der Waals surface area contributed by atoms with Crippen LogP contribution in [0.15, 0.2) is 23.4 Å². The molecule has 1 aromatic carbocycles. The molecule has 0 fully saturated rings. The van der Waals surface area contributed by atoms with Crippen molar-refractivity contribution in [3.8, 4) is 5.75 Å². The van der Waals surface area contributed by atoms with Crippen LogP contribution in [0.4, 0.5) is 0 Å². The number of benzene rings is 1. The molecule has 0 bridgehead atoms. The van der Waals surface area contributed by atoms with Gasteiger partial charge in [0.25, 0.3) is 0 Å². The van der Waals surface area contributed by atoms with Crippen LogP contribution in [0.2, 0.25) is 0 Å². The van der Waals surface area contributed by atoms with Gasteiger partial charge in [0.2, 0.25) is 0 Å². The van der Waals surface area contributed by atoms with Gasteiger partial charge in [-0.2, -0.15) is 0 Å². The molecule has 3 heteroatoms. The van der Waals surface area contributed by atoms with Crippen molar-refractivity contribution in [2.75, 3.05) is 0 Å². The van der Waals surface area contributed by atoms with Crippen molar-refractivity contribution in [3.05, 3.63) is 29.3 Å². The minimum Gasteiger partial charge on any atom is -0.507 e. The molecule has 0 radical (unpaired) electrons. The molecule has 14 heavy (non-hydrogen) atoms. The number of aromatic hydroxyl groups is 1. The number of rotatable bonds is 1. The van der Waals surface area contributed by atoms with Crippen LogP contribution >= 0.6 is 0 Å². The first-order valence-electron chi connectivity index (χ1n) is 4.46. The van der Waals surface area contributed by atoms with Gasteiger partial charge in [0.1, 0.15) is 5.75 Å². The lowest BCUT2D eigenvalue weighted by molar-refractivity contribution is 0.321. The summed E-state index contributed by atoms with van der Waals surface area (Å²) in [7, 11) is 0. The van der Waals surface area contributed by atoms with Gasteiger partial charge in [-0.05, 0) is 23.1 Å². The van der Waals surface area contributed by atoms with Crippen LogP contribution in [0.3, 0.4) is 0 Å². The van der Waals surface area contributed by atoms with Gasteiger partial charge < -0.3 is 10.3 Å². The maximum Gasteiger partial charge on any atom is 0.124 e. The van der Waals surface area contributed by atoms with E-state index in [4.69, 9.17) is 5.21 Å². The van der Waals surface area contributed by atoms with Crippen molar-refractivity contribution < 1.29 is 10.3 Å². The molecule has 0 amide bonds. The summed E-state index contributed by atoms with van der Waals surface area (Å²) in [5.41, 5.74) is 1.57. The van der Waals surface area contributed by atoms with E-state index in [-0.39, 0.29) is 11.2 Å². The zero-order valence-electron chi connectivity index (χ0n) is 8.65. The summed E-state index contributed by atoms with van der Waals surface area (Å²) < 4.78 is 0. The zero-order valence-corrected chi connectivity index (χ0v) is 8.65. The number of phenolic OH excluding ortho intramolecular Hbond substituents is 1. The average molecular weight is 193 g/mol. The standard InChI is InChI=1S/C11H15NO2/c1-11(2,3)9-5-4-8(7-12-14)10(13)6-9/h4-7,13-14H,1-3H3/b12-7-. The maximum absolute atomic E-state index is 9.58. The van der Waals surface area contributed by atoms with Crippen LogP contribution in [-0.4, -0.2) is 16.5 Å². The fourth-order valence-corrected chi connectivity index (χ4v) is 1.18. The lowest BCUT2D eigenvalue weighted by Crippen LogP contribution is -2.10. The summed E-state index contributed by atoms with van der Waals surface area (Å²) in [6.45, 7) is 6.21. The predicted molar refractivity (Wildman–Crippen MR) is 56.2 cm³/mol. The van der Waals surface area contributed by atoms with E-state index in [1.807, 2.05) is 6.07 Å². The predicted octanol–water partition coefficient (Wildman–Crippen LogP) is 2.50. The highest BCUT2D eigenvalue weighted by Crippen LogP contribution is 2.26. The highest BCUT2D eigenvalue weighted by Gasteiger charge is 2.14. The summed E-state index contributed by atoms with van der Waals surface area (Å²) in [4.78, 5) is 0. The Morgan fingerprint density at radius 1 is 1.29 bits per heavy atom. The van der Waals surface area contributed by atoms with Crippen molar-refractivity contribution in [2.24, 2.45) is 5.16 Å². The Balaban J connectivity index is 3.13. The maximum atomic E-state index is 9.58. The Morgan fingerprint density at radius 3 is 2.36 bits per heavy atom. The fourth-order valence-electron chi connectivity index (χ4n) is 1.18. The topological polar surface area (TPSA) is 52.8 Å². The van der Waals surface area contributed by atoms with E-state index in [0.29, 0.717) is 5.56 Å². The lowest BCUT2D eigenvalue weighted by Gasteiger charge is -2.19. The first-order valence-corrected chi connectivity index (χ1v) is 4.46. The summed E-state index contributed by atoms with van der Waals surface area (Å²) in [5.74, 6) is 0.134. The van der Waals surface area contributed by atoms with E-state index in [0.717, 1.165) is 5.56 Å². The van der Waals surface area contributed by atoms with Crippen molar-refractivity contribution in [1.82, 2.24) is 0 Å². The Labute approximate surface area is 83.7 Å². The summed E-state index contributed by atoms with van der Waals surface area (Å²) in [5, 5.41) is 20.8. The van der Waals surface area contributed by atoms with Crippen LogP contribution in [0.5, 0.6) is 5.75 Å². The summed E-state index contributed by atoms with van der Waals surface area (Å²) in [6, 6.07) is 5.34. The largest absolute Gasteiger partial charge is 0.507 e. The third-order valence-corrected chi connectivity index (χ3v) is 2.09. The number of hydrogen-bond acceptors (Lipinski definition) is 3. The molecule has 2 N–H and O–H groups in total. The number of oxime groups is 1. The molecule has 0 atom stereocenters. The van der Waals surface area contributed by atoms with Crippen LogP contribution in [0.25, 0.3) is 0 Å². The fraction of sp³-hybridized carbons (Fsp3) is 0.364. The second kappa shape index (κ2) is 3.70. The molecule has 0 heterocycles. The molecule has 76 valence electrons. The van der Waals surface area contributed by atoms with Crippen molar-refractivity contribution in [3.63, 3.8) is 0 Å². The van der Waals surface area contributed by atoms with Gasteiger partial charge >= 0.3 is 0 Å². The second-order valence-corrected chi connectivity index (χ2v) is 4.27. The number of phenols is 1. The lowest BCUT2D eigenvalue weighted by atomic mass is 9.86. The smallest absolute Gasteiger partial charge is 0.124 e. The Hall–Kier alpha value is -1.51. The van der Waals surface area contributed by atoms with E-state index >= 15 is 0 Å². The molecule has 0 aromatic heterocycles. The molecule has 0 unspecified atom stereocenters. The van der Waals surface area contributed by atoms with E-state index in [1.54, 1.807) is 12.1 Å². The molecule has 1 rings (SSSR count). The van der Waals surface area contributed by atoms with Crippen LogP contribution in [0, 0.1) is 0 Å². The van der Waals surface area contributed by atoms with E-state index in [2.05, 4.69) is 25.9 Å². The molecular formula is C11H15NO2. The number of nitrogens with zero attached hydrogens (tertiary/aromatic N) is 1. The van der Waals surface area contributed by atoms with Gasteiger partial charge in [0.05, 0.1) is 6.21 Å². The quantitative estimate of drug-likeness (QED) is 0.409. The Morgan fingerprint density at radius 2 is 1.93 bits per heavy atom. The van der Waals surface area contributed by atoms with Gasteiger partial charge in [0.15, 0.2) is 0 Å². The highest BCUT2D eigenvalue weighted by molar-refractivity contribution is 5.83. The highest BCUT2D eigenvalue weighted by atomic mass is 16.4. The summed E-state index contributed by atoms with van der Waals surface area (Å²) >= 11 is 0. The summed E-state index contributed by atoms with van der Waals surface area (Å²) in [6.07, 6.45) is 1.21. The molecule has 0 aliphatic carbocycles.